The van der Waals surface area contributed by atoms with Crippen LogP contribution in [0.5, 0.6) is 0 Å². The topological polar surface area (TPSA) is 66.4 Å². The van der Waals surface area contributed by atoms with Crippen LogP contribution in [0.25, 0.3) is 0 Å². The second-order valence-electron chi connectivity index (χ2n) is 4.89. The molecule has 0 radical (unpaired) electrons. The zero-order chi connectivity index (χ0) is 13.1. The first-order valence-corrected chi connectivity index (χ1v) is 6.18. The second-order valence-corrected chi connectivity index (χ2v) is 6.00. The molecular weight excluding hydrogens is 238 g/mol. The van der Waals surface area contributed by atoms with Gasteiger partial charge in [-0.2, -0.15) is 0 Å². The first-order valence-electron chi connectivity index (χ1n) is 5.36. The Hall–Kier alpha value is -1.36. The van der Waals surface area contributed by atoms with Crippen LogP contribution in [0.15, 0.2) is 12.1 Å². The van der Waals surface area contributed by atoms with E-state index < -0.39 is 12.0 Å². The lowest BCUT2D eigenvalue weighted by Crippen LogP contribution is -2.21. The summed E-state index contributed by atoms with van der Waals surface area (Å²) in [5, 5.41) is 11.3. The van der Waals surface area contributed by atoms with Crippen LogP contribution in [0, 0.1) is 0 Å². The van der Waals surface area contributed by atoms with E-state index in [2.05, 4.69) is 26.1 Å². The second kappa shape index (κ2) is 5.31. The van der Waals surface area contributed by atoms with E-state index in [1.165, 1.54) is 4.88 Å². The van der Waals surface area contributed by atoms with Crippen molar-refractivity contribution < 1.29 is 14.7 Å². The van der Waals surface area contributed by atoms with Gasteiger partial charge in [-0.05, 0) is 17.5 Å². The molecule has 0 fully saturated rings. The molecule has 0 saturated heterocycles. The molecule has 0 bridgehead atoms. The molecule has 0 saturated carbocycles. The number of hydrogen-bond acceptors (Lipinski definition) is 3. The fraction of sp³-hybridized carbons (Fsp3) is 0.500. The van der Waals surface area contributed by atoms with E-state index in [1.54, 1.807) is 11.3 Å². The van der Waals surface area contributed by atoms with Crippen molar-refractivity contribution in [2.75, 3.05) is 0 Å². The molecular formula is C12H17NO3S. The molecule has 5 heteroatoms. The molecule has 1 heterocycles. The summed E-state index contributed by atoms with van der Waals surface area (Å²) in [5.74, 6) is -0.921. The van der Waals surface area contributed by atoms with Crippen LogP contribution < -0.4 is 5.32 Å². The molecule has 0 unspecified atom stereocenters. The molecule has 1 aromatic heterocycles. The SMILES string of the molecule is CC(C)(C)c1ccc([C@@H](CC(=O)O)NC=O)s1. The first kappa shape index (κ1) is 13.7. The monoisotopic (exact) mass is 255 g/mol. The summed E-state index contributed by atoms with van der Waals surface area (Å²) in [5.41, 5.74) is 0.0396. The van der Waals surface area contributed by atoms with Gasteiger partial charge in [0.1, 0.15) is 0 Å². The molecule has 0 aliphatic heterocycles. The molecule has 94 valence electrons. The maximum Gasteiger partial charge on any atom is 0.305 e. The Bertz CT molecular complexity index is 406. The van der Waals surface area contributed by atoms with Crippen LogP contribution in [-0.2, 0) is 15.0 Å². The smallest absolute Gasteiger partial charge is 0.305 e. The maximum atomic E-state index is 10.7. The maximum absolute atomic E-state index is 10.7. The van der Waals surface area contributed by atoms with E-state index >= 15 is 0 Å². The van der Waals surface area contributed by atoms with Gasteiger partial charge in [0.25, 0.3) is 0 Å². The van der Waals surface area contributed by atoms with Gasteiger partial charge in [0.05, 0.1) is 12.5 Å². The third-order valence-electron chi connectivity index (χ3n) is 2.36. The number of nitrogens with one attached hydrogen (secondary N) is 1. The number of hydrogen-bond donors (Lipinski definition) is 2. The van der Waals surface area contributed by atoms with Gasteiger partial charge in [-0.15, -0.1) is 11.3 Å². The molecule has 0 aliphatic carbocycles. The van der Waals surface area contributed by atoms with Gasteiger partial charge in [0.2, 0.25) is 6.41 Å². The Balaban J connectivity index is 2.91. The number of carbonyl (C=O) groups excluding carboxylic acids is 1. The van der Waals surface area contributed by atoms with Gasteiger partial charge in [-0.3, -0.25) is 9.59 Å². The number of thiophene rings is 1. The van der Waals surface area contributed by atoms with Crippen molar-refractivity contribution in [2.24, 2.45) is 0 Å². The molecule has 1 amide bonds. The molecule has 1 atom stereocenters. The molecule has 2 N–H and O–H groups in total. The highest BCUT2D eigenvalue weighted by Gasteiger charge is 2.21. The highest BCUT2D eigenvalue weighted by atomic mass is 32.1. The standard InChI is InChI=1S/C12H17NO3S/c1-12(2,3)10-5-4-9(17-10)8(13-7-14)6-11(15)16/h4-5,7-8H,6H2,1-3H3,(H,13,14)(H,15,16)/t8-/m1/s1. The van der Waals surface area contributed by atoms with Crippen LogP contribution in [-0.4, -0.2) is 17.5 Å². The zero-order valence-electron chi connectivity index (χ0n) is 10.2. The highest BCUT2D eigenvalue weighted by molar-refractivity contribution is 7.12. The van der Waals surface area contributed by atoms with Crippen LogP contribution in [0.3, 0.4) is 0 Å². The van der Waals surface area contributed by atoms with Crippen molar-refractivity contribution in [3.63, 3.8) is 0 Å². The molecule has 0 aromatic carbocycles. The van der Waals surface area contributed by atoms with Gasteiger partial charge < -0.3 is 10.4 Å². The minimum atomic E-state index is -0.921. The lowest BCUT2D eigenvalue weighted by molar-refractivity contribution is -0.137. The number of aliphatic carboxylic acids is 1. The van der Waals surface area contributed by atoms with Crippen molar-refractivity contribution in [1.82, 2.24) is 5.32 Å². The average molecular weight is 255 g/mol. The van der Waals surface area contributed by atoms with Gasteiger partial charge in [-0.1, -0.05) is 20.8 Å². The van der Waals surface area contributed by atoms with Gasteiger partial charge in [-0.25, -0.2) is 0 Å². The summed E-state index contributed by atoms with van der Waals surface area (Å²) < 4.78 is 0. The van der Waals surface area contributed by atoms with E-state index in [-0.39, 0.29) is 11.8 Å². The summed E-state index contributed by atoms with van der Waals surface area (Å²) >= 11 is 1.55. The predicted molar refractivity (Wildman–Crippen MR) is 67.2 cm³/mol. The normalized spacial score (nSPS) is 13.1. The number of carbonyl (C=O) groups is 2. The van der Waals surface area contributed by atoms with E-state index in [1.807, 2.05) is 12.1 Å². The summed E-state index contributed by atoms with van der Waals surface area (Å²) in [4.78, 5) is 23.2. The molecule has 0 aliphatic rings. The summed E-state index contributed by atoms with van der Waals surface area (Å²) in [6.45, 7) is 6.30. The summed E-state index contributed by atoms with van der Waals surface area (Å²) in [6.07, 6.45) is 0.451. The number of carboxylic acids is 1. The van der Waals surface area contributed by atoms with Crippen molar-refractivity contribution in [3.8, 4) is 0 Å². The van der Waals surface area contributed by atoms with E-state index in [4.69, 9.17) is 5.11 Å². The Labute approximate surface area is 105 Å². The van der Waals surface area contributed by atoms with E-state index in [0.717, 1.165) is 4.88 Å². The lowest BCUT2D eigenvalue weighted by atomic mass is 9.95. The van der Waals surface area contributed by atoms with Crippen LogP contribution in [0.2, 0.25) is 0 Å². The van der Waals surface area contributed by atoms with Gasteiger partial charge in [0.15, 0.2) is 0 Å². The average Bonchev–Trinajstić information content (AvgIpc) is 2.64. The minimum Gasteiger partial charge on any atom is -0.481 e. The lowest BCUT2D eigenvalue weighted by Gasteiger charge is -2.16. The molecule has 4 nitrogen and oxygen atoms in total. The Morgan fingerprint density at radius 2 is 2.18 bits per heavy atom. The third kappa shape index (κ3) is 3.85. The molecule has 1 aromatic rings. The third-order valence-corrected chi connectivity index (χ3v) is 3.98. The van der Waals surface area contributed by atoms with Gasteiger partial charge >= 0.3 is 5.97 Å². The quantitative estimate of drug-likeness (QED) is 0.793. The highest BCUT2D eigenvalue weighted by Crippen LogP contribution is 2.33. The molecule has 17 heavy (non-hydrogen) atoms. The van der Waals surface area contributed by atoms with Crippen molar-refractivity contribution >= 4 is 23.7 Å². The Kier molecular flexibility index (Phi) is 4.28. The van der Waals surface area contributed by atoms with Crippen molar-refractivity contribution in [3.05, 3.63) is 21.9 Å². The van der Waals surface area contributed by atoms with E-state index in [0.29, 0.717) is 6.41 Å². The number of rotatable bonds is 5. The Morgan fingerprint density at radius 1 is 1.53 bits per heavy atom. The molecule has 1 rings (SSSR count). The van der Waals surface area contributed by atoms with E-state index in [9.17, 15) is 9.59 Å². The largest absolute Gasteiger partial charge is 0.481 e. The fourth-order valence-corrected chi connectivity index (χ4v) is 2.57. The minimum absolute atomic E-state index is 0.0396. The summed E-state index contributed by atoms with van der Waals surface area (Å²) in [7, 11) is 0. The number of amides is 1. The van der Waals surface area contributed by atoms with Crippen molar-refractivity contribution in [1.29, 1.82) is 0 Å². The fourth-order valence-electron chi connectivity index (χ4n) is 1.44. The number of carboxylic acid groups (broad SMARTS) is 1. The van der Waals surface area contributed by atoms with Gasteiger partial charge in [0, 0.05) is 9.75 Å². The van der Waals surface area contributed by atoms with Crippen LogP contribution in [0.4, 0.5) is 0 Å². The first-order chi connectivity index (χ1) is 7.84. The van der Waals surface area contributed by atoms with Crippen LogP contribution in [0.1, 0.15) is 43.0 Å². The van der Waals surface area contributed by atoms with Crippen LogP contribution >= 0.6 is 11.3 Å². The summed E-state index contributed by atoms with van der Waals surface area (Å²) in [6, 6.07) is 3.43. The predicted octanol–water partition coefficient (Wildman–Crippen LogP) is 2.31. The molecule has 0 spiro atoms. The zero-order valence-corrected chi connectivity index (χ0v) is 11.0. The Morgan fingerprint density at radius 3 is 2.59 bits per heavy atom. The van der Waals surface area contributed by atoms with Crippen molar-refractivity contribution in [2.45, 2.75) is 38.6 Å².